The third-order valence-electron chi connectivity index (χ3n) is 7.41. The van der Waals surface area contributed by atoms with Crippen molar-refractivity contribution in [1.29, 1.82) is 0 Å². The maximum Gasteiger partial charge on any atom is 0.416 e. The fourth-order valence-corrected chi connectivity index (χ4v) is 5.09. The van der Waals surface area contributed by atoms with Crippen molar-refractivity contribution < 1.29 is 42.3 Å². The monoisotopic (exact) mass is 701 g/mol. The second-order valence-electron chi connectivity index (χ2n) is 11.1. The molecule has 0 saturated heterocycles. The van der Waals surface area contributed by atoms with Gasteiger partial charge in [-0.15, -0.1) is 11.8 Å². The van der Waals surface area contributed by atoms with Crippen molar-refractivity contribution in [3.8, 4) is 11.1 Å². The van der Waals surface area contributed by atoms with Crippen molar-refractivity contribution in [3.63, 3.8) is 0 Å². The number of nitrogens with two attached hydrogens (primary N) is 1. The first kappa shape index (κ1) is 38.6. The van der Waals surface area contributed by atoms with Crippen LogP contribution < -0.4 is 27.0 Å². The van der Waals surface area contributed by atoms with E-state index in [1.807, 2.05) is 35.8 Å². The lowest BCUT2D eigenvalue weighted by atomic mass is 10.0. The summed E-state index contributed by atoms with van der Waals surface area (Å²) in [4.78, 5) is 63.9. The largest absolute Gasteiger partial charge is 0.416 e. The van der Waals surface area contributed by atoms with E-state index in [0.717, 1.165) is 16.0 Å². The normalized spacial score (nSPS) is 13.7. The Kier molecular flexibility index (Phi) is 14.2. The fraction of sp³-hybridized carbons (Fsp3) is 0.324. The van der Waals surface area contributed by atoms with Gasteiger partial charge in [0.25, 0.3) is 5.91 Å². The number of hydrogen-bond donors (Lipinski definition) is 6. The fourth-order valence-electron chi connectivity index (χ4n) is 4.69. The second kappa shape index (κ2) is 18.0. The molecular formula is C34H38F3N5O6S. The average Bonchev–Trinajstić information content (AvgIpc) is 3.08. The Hall–Kier alpha value is -4.89. The Bertz CT molecular complexity index is 1590. The first-order valence-corrected chi connectivity index (χ1v) is 16.4. The third-order valence-corrected chi connectivity index (χ3v) is 8.16. The summed E-state index contributed by atoms with van der Waals surface area (Å²) in [6.07, 6.45) is -7.28. The SMILES string of the molecule is CSc1ccc(-c2ccc(C(=O)NCC(=O)N[C@@H](Cc3ccccc3)C(=O)N[C@@H](C)C(=O)NC(CCC(N)=O)C(O)C(F)(F)F)cc2)cc1. The second-order valence-corrected chi connectivity index (χ2v) is 12.0. The predicted molar refractivity (Wildman–Crippen MR) is 178 cm³/mol. The van der Waals surface area contributed by atoms with E-state index in [0.29, 0.717) is 11.1 Å². The number of thioether (sulfide) groups is 1. The Labute approximate surface area is 285 Å². The maximum atomic E-state index is 13.3. The lowest BCUT2D eigenvalue weighted by Crippen LogP contribution is -2.57. The molecule has 0 aliphatic heterocycles. The lowest BCUT2D eigenvalue weighted by molar-refractivity contribution is -0.212. The molecule has 3 aromatic carbocycles. The van der Waals surface area contributed by atoms with Gasteiger partial charge in [0.2, 0.25) is 23.6 Å². The van der Waals surface area contributed by atoms with E-state index < -0.39 is 79.3 Å². The molecule has 7 N–H and O–H groups in total. The summed E-state index contributed by atoms with van der Waals surface area (Å²) in [5.41, 5.74) is 7.84. The number of aliphatic hydroxyl groups excluding tert-OH is 1. The van der Waals surface area contributed by atoms with Gasteiger partial charge in [-0.1, -0.05) is 54.6 Å². The minimum Gasteiger partial charge on any atom is -0.382 e. The molecule has 0 aromatic heterocycles. The summed E-state index contributed by atoms with van der Waals surface area (Å²) >= 11 is 1.63. The topological polar surface area (TPSA) is 180 Å². The molecule has 0 aliphatic rings. The summed E-state index contributed by atoms with van der Waals surface area (Å²) < 4.78 is 39.5. The van der Waals surface area contributed by atoms with Gasteiger partial charge in [-0.2, -0.15) is 13.2 Å². The molecule has 15 heteroatoms. The number of benzene rings is 3. The third kappa shape index (κ3) is 12.3. The number of rotatable bonds is 16. The highest BCUT2D eigenvalue weighted by atomic mass is 32.2. The predicted octanol–water partition coefficient (Wildman–Crippen LogP) is 2.71. The molecule has 4 atom stereocenters. The molecule has 5 amide bonds. The Balaban J connectivity index is 1.63. The van der Waals surface area contributed by atoms with Gasteiger partial charge in [0.15, 0.2) is 6.10 Å². The lowest BCUT2D eigenvalue weighted by Gasteiger charge is -2.27. The van der Waals surface area contributed by atoms with E-state index in [1.54, 1.807) is 66.4 Å². The minimum absolute atomic E-state index is 0.0197. The van der Waals surface area contributed by atoms with E-state index in [-0.39, 0.29) is 6.42 Å². The van der Waals surface area contributed by atoms with E-state index in [9.17, 15) is 42.3 Å². The van der Waals surface area contributed by atoms with Crippen molar-refractivity contribution in [2.75, 3.05) is 12.8 Å². The molecule has 0 heterocycles. The van der Waals surface area contributed by atoms with Gasteiger partial charge < -0.3 is 32.1 Å². The van der Waals surface area contributed by atoms with E-state index in [1.165, 1.54) is 6.92 Å². The van der Waals surface area contributed by atoms with Crippen LogP contribution in [0.1, 0.15) is 35.7 Å². The first-order chi connectivity index (χ1) is 23.2. The van der Waals surface area contributed by atoms with E-state index in [2.05, 4.69) is 16.0 Å². The zero-order valence-electron chi connectivity index (χ0n) is 26.8. The van der Waals surface area contributed by atoms with Gasteiger partial charge in [0, 0.05) is 23.3 Å². The molecule has 0 aliphatic carbocycles. The number of halogens is 3. The minimum atomic E-state index is -5.10. The molecule has 0 fully saturated rings. The molecule has 2 unspecified atom stereocenters. The summed E-state index contributed by atoms with van der Waals surface area (Å²) in [5, 5.41) is 19.1. The Morgan fingerprint density at radius 1 is 0.837 bits per heavy atom. The average molecular weight is 702 g/mol. The highest BCUT2D eigenvalue weighted by molar-refractivity contribution is 7.98. The van der Waals surface area contributed by atoms with Crippen LogP contribution in [0.2, 0.25) is 0 Å². The van der Waals surface area contributed by atoms with Crippen LogP contribution in [0.3, 0.4) is 0 Å². The van der Waals surface area contributed by atoms with Crippen LogP contribution in [-0.4, -0.2) is 77.8 Å². The van der Waals surface area contributed by atoms with Crippen LogP contribution in [0.5, 0.6) is 0 Å². The van der Waals surface area contributed by atoms with Gasteiger partial charge in [0.05, 0.1) is 12.6 Å². The standard InChI is InChI=1S/C34H38F3N5O6S/c1-20(31(46)42-26(16-17-28(38)43)30(45)34(35,36)37)40-33(48)27(18-21-6-4-3-5-7-21)41-29(44)19-39-32(47)24-10-8-22(9-11-24)23-12-14-25(49-2)15-13-23/h3-15,20,26-27,30,45H,16-19H2,1-2H3,(H2,38,43)(H,39,47)(H,40,48)(H,41,44)(H,42,46)/t20-,26?,27-,30?/m0/s1. The van der Waals surface area contributed by atoms with E-state index >= 15 is 0 Å². The van der Waals surface area contributed by atoms with Crippen molar-refractivity contribution in [3.05, 3.63) is 90.0 Å². The van der Waals surface area contributed by atoms with Crippen molar-refractivity contribution >= 4 is 41.3 Å². The molecule has 0 bridgehead atoms. The number of hydrogen-bond acceptors (Lipinski definition) is 7. The van der Waals surface area contributed by atoms with Gasteiger partial charge in [-0.25, -0.2) is 0 Å². The molecule has 11 nitrogen and oxygen atoms in total. The Morgan fingerprint density at radius 2 is 1.43 bits per heavy atom. The molecule has 262 valence electrons. The van der Waals surface area contributed by atoms with Crippen molar-refractivity contribution in [2.24, 2.45) is 5.73 Å². The van der Waals surface area contributed by atoms with E-state index in [4.69, 9.17) is 5.73 Å². The van der Waals surface area contributed by atoms with Crippen LogP contribution in [-0.2, 0) is 25.6 Å². The van der Waals surface area contributed by atoms with Gasteiger partial charge in [0.1, 0.15) is 12.1 Å². The molecule has 3 aromatic rings. The van der Waals surface area contributed by atoms with Gasteiger partial charge >= 0.3 is 6.18 Å². The van der Waals surface area contributed by atoms with Gasteiger partial charge in [-0.05, 0) is 60.6 Å². The van der Waals surface area contributed by atoms with Crippen LogP contribution in [0, 0.1) is 0 Å². The van der Waals surface area contributed by atoms with Crippen LogP contribution in [0.25, 0.3) is 11.1 Å². The number of nitrogens with one attached hydrogen (secondary N) is 4. The van der Waals surface area contributed by atoms with Crippen molar-refractivity contribution in [2.45, 2.75) is 61.5 Å². The number of carbonyl (C=O) groups excluding carboxylic acids is 5. The highest BCUT2D eigenvalue weighted by Gasteiger charge is 2.44. The molecule has 0 radical (unpaired) electrons. The molecule has 0 saturated carbocycles. The maximum absolute atomic E-state index is 13.3. The van der Waals surface area contributed by atoms with Crippen LogP contribution in [0.15, 0.2) is 83.8 Å². The summed E-state index contributed by atoms with van der Waals surface area (Å²) in [6.45, 7) is 0.715. The number of alkyl halides is 3. The smallest absolute Gasteiger partial charge is 0.382 e. The number of aliphatic hydroxyl groups is 1. The van der Waals surface area contributed by atoms with Gasteiger partial charge in [-0.3, -0.25) is 24.0 Å². The summed E-state index contributed by atoms with van der Waals surface area (Å²) in [7, 11) is 0. The first-order valence-electron chi connectivity index (χ1n) is 15.2. The molecular weight excluding hydrogens is 663 g/mol. The quantitative estimate of drug-likeness (QED) is 0.124. The highest BCUT2D eigenvalue weighted by Crippen LogP contribution is 2.25. The zero-order chi connectivity index (χ0) is 36.1. The van der Waals surface area contributed by atoms with Crippen LogP contribution in [0.4, 0.5) is 13.2 Å². The summed E-state index contributed by atoms with van der Waals surface area (Å²) in [6, 6.07) is 18.8. The van der Waals surface area contributed by atoms with Crippen LogP contribution >= 0.6 is 11.8 Å². The zero-order valence-corrected chi connectivity index (χ0v) is 27.6. The molecule has 0 spiro atoms. The molecule has 3 rings (SSSR count). The number of carbonyl (C=O) groups is 5. The number of amides is 5. The number of primary amides is 1. The van der Waals surface area contributed by atoms with Crippen molar-refractivity contribution in [1.82, 2.24) is 21.3 Å². The molecule has 49 heavy (non-hydrogen) atoms. The Morgan fingerprint density at radius 3 is 1.98 bits per heavy atom. The summed E-state index contributed by atoms with van der Waals surface area (Å²) in [5.74, 6) is -4.09.